The van der Waals surface area contributed by atoms with Gasteiger partial charge >= 0.3 is 6.03 Å². The lowest BCUT2D eigenvalue weighted by molar-refractivity contribution is -0.120. The van der Waals surface area contributed by atoms with Gasteiger partial charge in [0.05, 0.1) is 11.3 Å². The molecule has 2 N–H and O–H groups in total. The lowest BCUT2D eigenvalue weighted by atomic mass is 9.89. The molecule has 3 heterocycles. The Hall–Kier alpha value is -4.59. The van der Waals surface area contributed by atoms with E-state index in [0.717, 1.165) is 38.2 Å². The minimum atomic E-state index is -0.752. The fraction of sp³-hybridized carbons (Fsp3) is 0.121. The number of amides is 4. The maximum Gasteiger partial charge on any atom is 0.332 e. The summed E-state index contributed by atoms with van der Waals surface area (Å²) in [6.45, 7) is 0.263. The molecule has 0 spiro atoms. The zero-order valence-electron chi connectivity index (χ0n) is 22.2. The maximum atomic E-state index is 14.3. The van der Waals surface area contributed by atoms with E-state index in [9.17, 15) is 14.4 Å². The predicted molar refractivity (Wildman–Crippen MR) is 163 cm³/mol. The third-order valence-electron chi connectivity index (χ3n) is 7.97. The summed E-state index contributed by atoms with van der Waals surface area (Å²) in [5.41, 5.74) is 4.92. The molecule has 1 fully saturated rings. The van der Waals surface area contributed by atoms with Crippen LogP contribution in [0.4, 0.5) is 10.5 Å². The summed E-state index contributed by atoms with van der Waals surface area (Å²) in [6, 6.07) is 27.3. The van der Waals surface area contributed by atoms with Crippen molar-refractivity contribution in [1.29, 1.82) is 0 Å². The molecule has 1 saturated heterocycles. The molecule has 0 aliphatic carbocycles. The van der Waals surface area contributed by atoms with Gasteiger partial charge in [-0.2, -0.15) is 0 Å². The van der Waals surface area contributed by atoms with Crippen molar-refractivity contribution in [1.82, 2.24) is 15.2 Å². The fourth-order valence-corrected chi connectivity index (χ4v) is 6.38. The smallest absolute Gasteiger partial charge is 0.332 e. The zero-order valence-corrected chi connectivity index (χ0v) is 23.7. The number of nitrogens with zero attached hydrogens (tertiary/aromatic N) is 2. The van der Waals surface area contributed by atoms with E-state index in [1.807, 2.05) is 54.6 Å². The minimum absolute atomic E-state index is 0.233. The molecular weight excluding hydrogens is 571 g/mol. The second-order valence-corrected chi connectivity index (χ2v) is 11.3. The highest BCUT2D eigenvalue weighted by molar-refractivity contribution is 6.31. The Balaban J connectivity index is 1.27. The molecule has 7 rings (SSSR count). The van der Waals surface area contributed by atoms with E-state index in [2.05, 4.69) is 10.3 Å². The van der Waals surface area contributed by atoms with Gasteiger partial charge in [0.1, 0.15) is 12.1 Å². The summed E-state index contributed by atoms with van der Waals surface area (Å²) in [7, 11) is 0. The first-order valence-corrected chi connectivity index (χ1v) is 14.3. The van der Waals surface area contributed by atoms with Gasteiger partial charge in [-0.25, -0.2) is 9.69 Å². The van der Waals surface area contributed by atoms with Crippen molar-refractivity contribution in [2.75, 3.05) is 4.90 Å². The summed E-state index contributed by atoms with van der Waals surface area (Å²) in [6.07, 6.45) is 0.350. The highest BCUT2D eigenvalue weighted by Gasteiger charge is 2.53. The first-order valence-electron chi connectivity index (χ1n) is 13.5. The number of halogens is 2. The quantitative estimate of drug-likeness (QED) is 0.217. The molecule has 0 unspecified atom stereocenters. The number of para-hydroxylation sites is 2. The van der Waals surface area contributed by atoms with Crippen molar-refractivity contribution in [2.24, 2.45) is 0 Å². The number of anilines is 1. The van der Waals surface area contributed by atoms with Gasteiger partial charge in [-0.05, 0) is 59.2 Å². The molecule has 0 bridgehead atoms. The number of carbonyl (C=O) groups excluding carboxylic acids is 3. The van der Waals surface area contributed by atoms with Crippen molar-refractivity contribution >= 4 is 57.6 Å². The van der Waals surface area contributed by atoms with Crippen LogP contribution in [-0.4, -0.2) is 33.8 Å². The minimum Gasteiger partial charge on any atom is -0.356 e. The van der Waals surface area contributed by atoms with Gasteiger partial charge in [0.15, 0.2) is 0 Å². The number of hydrogen-bond donors (Lipinski definition) is 2. The highest BCUT2D eigenvalue weighted by atomic mass is 35.5. The lowest BCUT2D eigenvalue weighted by Crippen LogP contribution is -2.44. The van der Waals surface area contributed by atoms with E-state index in [-0.39, 0.29) is 23.7 Å². The molecule has 0 saturated carbocycles. The number of hydrogen-bond acceptors (Lipinski definition) is 3. The van der Waals surface area contributed by atoms with Crippen molar-refractivity contribution in [2.45, 2.75) is 25.0 Å². The van der Waals surface area contributed by atoms with Gasteiger partial charge < -0.3 is 10.3 Å². The number of imide groups is 1. The molecule has 5 aromatic rings. The molecule has 1 aromatic heterocycles. The van der Waals surface area contributed by atoms with E-state index >= 15 is 0 Å². The van der Waals surface area contributed by atoms with Crippen LogP contribution in [-0.2, 0) is 17.8 Å². The monoisotopic (exact) mass is 594 g/mol. The standard InChI is InChI=1S/C33H24Cl2N4O3/c34-21-14-12-19(13-15-21)18-36-31(40)24-9-2-4-11-27(24)39-32(41)28-17-25-23-8-1-3-10-26(23)37-29(25)30(38(28)33(39)42)20-6-5-7-22(35)16-20/h1-16,28,30,37H,17-18H2,(H,36,40)/t28-,30-/m0/s1. The average Bonchev–Trinajstić information content (AvgIpc) is 3.49. The Morgan fingerprint density at radius 1 is 0.881 bits per heavy atom. The molecular formula is C33H24Cl2N4O3. The number of rotatable bonds is 5. The molecule has 42 heavy (non-hydrogen) atoms. The van der Waals surface area contributed by atoms with Crippen molar-refractivity contribution < 1.29 is 14.4 Å². The van der Waals surface area contributed by atoms with Crippen LogP contribution >= 0.6 is 23.2 Å². The Bertz CT molecular complexity index is 1880. The van der Waals surface area contributed by atoms with Gasteiger partial charge in [0.25, 0.3) is 11.8 Å². The van der Waals surface area contributed by atoms with Gasteiger partial charge in [0.2, 0.25) is 0 Å². The van der Waals surface area contributed by atoms with Crippen LogP contribution in [0.2, 0.25) is 10.0 Å². The number of H-pyrrole nitrogens is 1. The SMILES string of the molecule is O=C(NCc1ccc(Cl)cc1)c1ccccc1N1C(=O)[C@@H]2Cc3c([nH]c4ccccc34)[C@H](c3cccc(Cl)c3)N2C1=O. The molecule has 2 atom stereocenters. The van der Waals surface area contributed by atoms with Crippen molar-refractivity contribution in [3.8, 4) is 0 Å². The molecule has 208 valence electrons. The normalized spacial score (nSPS) is 17.9. The summed E-state index contributed by atoms with van der Waals surface area (Å²) in [5, 5.41) is 5.05. The van der Waals surface area contributed by atoms with Crippen LogP contribution in [0.3, 0.4) is 0 Å². The first-order chi connectivity index (χ1) is 20.4. The van der Waals surface area contributed by atoms with Crippen LogP contribution in [0.5, 0.6) is 0 Å². The summed E-state index contributed by atoms with van der Waals surface area (Å²) >= 11 is 12.4. The summed E-state index contributed by atoms with van der Waals surface area (Å²) in [4.78, 5) is 48.1. The molecule has 4 aromatic carbocycles. The van der Waals surface area contributed by atoms with E-state index in [1.54, 1.807) is 47.4 Å². The fourth-order valence-electron chi connectivity index (χ4n) is 6.06. The van der Waals surface area contributed by atoms with Gasteiger partial charge in [-0.15, -0.1) is 0 Å². The number of nitrogens with one attached hydrogen (secondary N) is 2. The second kappa shape index (κ2) is 10.4. The van der Waals surface area contributed by atoms with Crippen LogP contribution in [0, 0.1) is 0 Å². The van der Waals surface area contributed by atoms with Crippen molar-refractivity contribution in [3.63, 3.8) is 0 Å². The second-order valence-electron chi connectivity index (χ2n) is 10.4. The van der Waals surface area contributed by atoms with Crippen LogP contribution in [0.15, 0.2) is 97.1 Å². The van der Waals surface area contributed by atoms with E-state index < -0.39 is 24.0 Å². The topological polar surface area (TPSA) is 85.5 Å². The Morgan fingerprint density at radius 2 is 1.64 bits per heavy atom. The molecule has 4 amide bonds. The average molecular weight is 595 g/mol. The van der Waals surface area contributed by atoms with Gasteiger partial charge in [0, 0.05) is 39.6 Å². The van der Waals surface area contributed by atoms with E-state index in [4.69, 9.17) is 23.2 Å². The van der Waals surface area contributed by atoms with E-state index in [0.29, 0.717) is 16.5 Å². The van der Waals surface area contributed by atoms with E-state index in [1.165, 1.54) is 0 Å². The first kappa shape index (κ1) is 26.3. The lowest BCUT2D eigenvalue weighted by Gasteiger charge is -2.36. The number of urea groups is 1. The van der Waals surface area contributed by atoms with Crippen LogP contribution < -0.4 is 10.2 Å². The van der Waals surface area contributed by atoms with Crippen LogP contribution in [0.25, 0.3) is 10.9 Å². The Kier molecular flexibility index (Phi) is 6.49. The molecule has 2 aliphatic rings. The van der Waals surface area contributed by atoms with Crippen LogP contribution in [0.1, 0.15) is 38.8 Å². The number of aromatic amines is 1. The number of aromatic nitrogens is 1. The third-order valence-corrected chi connectivity index (χ3v) is 8.46. The largest absolute Gasteiger partial charge is 0.356 e. The zero-order chi connectivity index (χ0) is 29.0. The maximum absolute atomic E-state index is 14.3. The third kappa shape index (κ3) is 4.33. The predicted octanol–water partition coefficient (Wildman–Crippen LogP) is 6.89. The molecule has 9 heteroatoms. The number of carbonyl (C=O) groups is 3. The Labute approximate surface area is 251 Å². The number of fused-ring (bicyclic) bond motifs is 4. The number of benzene rings is 4. The van der Waals surface area contributed by atoms with Crippen molar-refractivity contribution in [3.05, 3.63) is 135 Å². The van der Waals surface area contributed by atoms with Gasteiger partial charge in [-0.3, -0.25) is 14.5 Å². The summed E-state index contributed by atoms with van der Waals surface area (Å²) in [5.74, 6) is -0.769. The molecule has 2 aliphatic heterocycles. The highest BCUT2D eigenvalue weighted by Crippen LogP contribution is 2.45. The molecule has 0 radical (unpaired) electrons. The Morgan fingerprint density at radius 3 is 2.45 bits per heavy atom. The molecule has 7 nitrogen and oxygen atoms in total. The van der Waals surface area contributed by atoms with Gasteiger partial charge in [-0.1, -0.05) is 77.8 Å². The summed E-state index contributed by atoms with van der Waals surface area (Å²) < 4.78 is 0.